The van der Waals surface area contributed by atoms with E-state index in [0.717, 1.165) is 41.8 Å². The molecule has 0 aliphatic carbocycles. The third kappa shape index (κ3) is 3.38. The van der Waals surface area contributed by atoms with Crippen molar-refractivity contribution >= 4 is 22.8 Å². The fourth-order valence-corrected chi connectivity index (χ4v) is 3.91. The van der Waals surface area contributed by atoms with E-state index in [9.17, 15) is 4.79 Å². The van der Waals surface area contributed by atoms with Crippen LogP contribution >= 0.6 is 0 Å². The second-order valence-electron chi connectivity index (χ2n) is 7.43. The Balaban J connectivity index is 1.29. The van der Waals surface area contributed by atoms with Crippen molar-refractivity contribution < 1.29 is 4.79 Å². The Morgan fingerprint density at radius 3 is 3.00 bits per heavy atom. The van der Waals surface area contributed by atoms with Gasteiger partial charge >= 0.3 is 0 Å². The SMILES string of the molecule is Cn1cnc2cc(CNC(=O)C3CCCN3c3ccnc(-n4ccnc4)n3)ccc21. The normalized spacial score (nSPS) is 16.3. The maximum atomic E-state index is 13.0. The molecule has 1 fully saturated rings. The van der Waals surface area contributed by atoms with Gasteiger partial charge in [0.05, 0.1) is 17.4 Å². The molecule has 1 aromatic carbocycles. The summed E-state index contributed by atoms with van der Waals surface area (Å²) in [6.45, 7) is 1.26. The largest absolute Gasteiger partial charge is 0.350 e. The second kappa shape index (κ2) is 7.58. The zero-order valence-corrected chi connectivity index (χ0v) is 16.6. The first-order valence-corrected chi connectivity index (χ1v) is 9.95. The zero-order valence-electron chi connectivity index (χ0n) is 16.6. The molecule has 0 bridgehead atoms. The topological polar surface area (TPSA) is 93.8 Å². The van der Waals surface area contributed by atoms with Crippen LogP contribution in [-0.2, 0) is 18.4 Å². The first-order chi connectivity index (χ1) is 14.7. The number of fused-ring (bicyclic) bond motifs is 1. The highest BCUT2D eigenvalue weighted by Gasteiger charge is 2.31. The Hall–Kier alpha value is -3.75. The molecular weight excluding hydrogens is 380 g/mol. The molecule has 0 saturated carbocycles. The molecule has 1 saturated heterocycles. The van der Waals surface area contributed by atoms with E-state index < -0.39 is 0 Å². The lowest BCUT2D eigenvalue weighted by Crippen LogP contribution is -2.43. The Kier molecular flexibility index (Phi) is 4.62. The number of carbonyl (C=O) groups excluding carboxylic acids is 1. The van der Waals surface area contributed by atoms with Gasteiger partial charge in [0.25, 0.3) is 0 Å². The summed E-state index contributed by atoms with van der Waals surface area (Å²) >= 11 is 0. The Bertz CT molecular complexity index is 1180. The number of rotatable bonds is 5. The molecular formula is C21H22N8O. The third-order valence-corrected chi connectivity index (χ3v) is 5.47. The number of aryl methyl sites for hydroxylation is 1. The van der Waals surface area contributed by atoms with Crippen molar-refractivity contribution in [2.24, 2.45) is 7.05 Å². The van der Waals surface area contributed by atoms with E-state index in [2.05, 4.69) is 30.2 Å². The lowest BCUT2D eigenvalue weighted by Gasteiger charge is -2.25. The van der Waals surface area contributed by atoms with E-state index in [-0.39, 0.29) is 11.9 Å². The molecule has 9 nitrogen and oxygen atoms in total. The van der Waals surface area contributed by atoms with E-state index in [1.165, 1.54) is 0 Å². The van der Waals surface area contributed by atoms with Crippen LogP contribution in [0.1, 0.15) is 18.4 Å². The van der Waals surface area contributed by atoms with Crippen molar-refractivity contribution in [3.63, 3.8) is 0 Å². The monoisotopic (exact) mass is 402 g/mol. The van der Waals surface area contributed by atoms with Gasteiger partial charge < -0.3 is 14.8 Å². The summed E-state index contributed by atoms with van der Waals surface area (Å²) in [5.41, 5.74) is 3.03. The average Bonchev–Trinajstić information content (AvgIpc) is 3.53. The smallest absolute Gasteiger partial charge is 0.243 e. The molecule has 1 N–H and O–H groups in total. The lowest BCUT2D eigenvalue weighted by molar-refractivity contribution is -0.122. The number of nitrogens with one attached hydrogen (secondary N) is 1. The summed E-state index contributed by atoms with van der Waals surface area (Å²) in [6.07, 6.45) is 10.4. The van der Waals surface area contributed by atoms with Gasteiger partial charge in [-0.15, -0.1) is 0 Å². The van der Waals surface area contributed by atoms with Gasteiger partial charge in [-0.25, -0.2) is 15.0 Å². The van der Waals surface area contributed by atoms with Gasteiger partial charge in [0.15, 0.2) is 0 Å². The van der Waals surface area contributed by atoms with Gasteiger partial charge in [0, 0.05) is 38.7 Å². The van der Waals surface area contributed by atoms with Gasteiger partial charge in [-0.05, 0) is 36.6 Å². The lowest BCUT2D eigenvalue weighted by atomic mass is 10.1. The number of amides is 1. The second-order valence-corrected chi connectivity index (χ2v) is 7.43. The fourth-order valence-electron chi connectivity index (χ4n) is 3.91. The van der Waals surface area contributed by atoms with Crippen molar-refractivity contribution in [3.8, 4) is 5.95 Å². The van der Waals surface area contributed by atoms with E-state index in [4.69, 9.17) is 0 Å². The predicted molar refractivity (Wildman–Crippen MR) is 112 cm³/mol. The minimum absolute atomic E-state index is 0.0106. The molecule has 1 amide bonds. The van der Waals surface area contributed by atoms with Crippen molar-refractivity contribution in [2.45, 2.75) is 25.4 Å². The van der Waals surface area contributed by atoms with Crippen LogP contribution in [0.25, 0.3) is 17.0 Å². The van der Waals surface area contributed by atoms with E-state index in [0.29, 0.717) is 12.5 Å². The first kappa shape index (κ1) is 18.3. The summed E-state index contributed by atoms with van der Waals surface area (Å²) < 4.78 is 3.73. The molecule has 0 radical (unpaired) electrons. The summed E-state index contributed by atoms with van der Waals surface area (Å²) in [6, 6.07) is 7.68. The minimum atomic E-state index is -0.242. The van der Waals surface area contributed by atoms with Gasteiger partial charge in [-0.2, -0.15) is 4.98 Å². The van der Waals surface area contributed by atoms with Crippen molar-refractivity contribution in [3.05, 3.63) is 61.1 Å². The van der Waals surface area contributed by atoms with Gasteiger partial charge in [0.1, 0.15) is 18.2 Å². The van der Waals surface area contributed by atoms with E-state index in [1.54, 1.807) is 35.8 Å². The van der Waals surface area contributed by atoms with Crippen LogP contribution in [0.2, 0.25) is 0 Å². The summed E-state index contributed by atoms with van der Waals surface area (Å²) in [5, 5.41) is 3.08. The molecule has 1 aliphatic heterocycles. The summed E-state index contributed by atoms with van der Waals surface area (Å²) in [7, 11) is 1.97. The van der Waals surface area contributed by atoms with Gasteiger partial charge in [-0.3, -0.25) is 9.36 Å². The van der Waals surface area contributed by atoms with Crippen LogP contribution in [0.4, 0.5) is 5.82 Å². The zero-order chi connectivity index (χ0) is 20.5. The average molecular weight is 402 g/mol. The predicted octanol–water partition coefficient (Wildman–Crippen LogP) is 1.83. The Morgan fingerprint density at radius 1 is 1.20 bits per heavy atom. The van der Waals surface area contributed by atoms with Gasteiger partial charge in [-0.1, -0.05) is 6.07 Å². The molecule has 30 heavy (non-hydrogen) atoms. The number of aromatic nitrogens is 6. The fraction of sp³-hybridized carbons (Fsp3) is 0.286. The van der Waals surface area contributed by atoms with Crippen molar-refractivity contribution in [2.75, 3.05) is 11.4 Å². The Morgan fingerprint density at radius 2 is 2.13 bits per heavy atom. The number of carbonyl (C=O) groups is 1. The number of nitrogens with zero attached hydrogens (tertiary/aromatic N) is 7. The maximum absolute atomic E-state index is 13.0. The maximum Gasteiger partial charge on any atom is 0.243 e. The molecule has 1 unspecified atom stereocenters. The number of anilines is 1. The number of hydrogen-bond donors (Lipinski definition) is 1. The van der Waals surface area contributed by atoms with E-state index in [1.807, 2.05) is 35.9 Å². The summed E-state index contributed by atoms with van der Waals surface area (Å²) in [5.74, 6) is 1.30. The van der Waals surface area contributed by atoms with Crippen LogP contribution in [0.15, 0.2) is 55.5 Å². The molecule has 0 spiro atoms. The van der Waals surface area contributed by atoms with Crippen LogP contribution in [0, 0.1) is 0 Å². The number of imidazole rings is 2. The van der Waals surface area contributed by atoms with E-state index >= 15 is 0 Å². The molecule has 4 aromatic rings. The minimum Gasteiger partial charge on any atom is -0.350 e. The molecule has 1 atom stereocenters. The molecule has 4 heterocycles. The van der Waals surface area contributed by atoms with Crippen LogP contribution in [-0.4, -0.2) is 47.6 Å². The summed E-state index contributed by atoms with van der Waals surface area (Å²) in [4.78, 5) is 32.4. The van der Waals surface area contributed by atoms with Crippen molar-refractivity contribution in [1.29, 1.82) is 0 Å². The number of benzene rings is 1. The quantitative estimate of drug-likeness (QED) is 0.547. The van der Waals surface area contributed by atoms with Crippen LogP contribution < -0.4 is 10.2 Å². The molecule has 9 heteroatoms. The molecule has 3 aromatic heterocycles. The highest BCUT2D eigenvalue weighted by atomic mass is 16.2. The first-order valence-electron chi connectivity index (χ1n) is 9.95. The molecule has 5 rings (SSSR count). The number of hydrogen-bond acceptors (Lipinski definition) is 6. The highest BCUT2D eigenvalue weighted by molar-refractivity contribution is 5.85. The third-order valence-electron chi connectivity index (χ3n) is 5.47. The standard InChI is InChI=1S/C21H22N8O/c1-27-14-25-16-11-15(4-5-17(16)27)12-24-20(30)18-3-2-9-29(18)19-6-7-23-21(26-19)28-10-8-22-13-28/h4-8,10-11,13-14,18H,2-3,9,12H2,1H3,(H,24,30). The van der Waals surface area contributed by atoms with Crippen molar-refractivity contribution in [1.82, 2.24) is 34.4 Å². The molecule has 1 aliphatic rings. The highest BCUT2D eigenvalue weighted by Crippen LogP contribution is 2.24. The van der Waals surface area contributed by atoms with Crippen LogP contribution in [0.3, 0.4) is 0 Å². The Labute approximate surface area is 173 Å². The van der Waals surface area contributed by atoms with Gasteiger partial charge in [0.2, 0.25) is 11.9 Å². The van der Waals surface area contributed by atoms with Crippen LogP contribution in [0.5, 0.6) is 0 Å². The molecule has 152 valence electrons.